The summed E-state index contributed by atoms with van der Waals surface area (Å²) in [5, 5.41) is 54.3. The monoisotopic (exact) mass is 1310 g/mol. The summed E-state index contributed by atoms with van der Waals surface area (Å²) < 4.78 is 40.1. The van der Waals surface area contributed by atoms with Crippen LogP contribution in [0.1, 0.15) is 103 Å². The summed E-state index contributed by atoms with van der Waals surface area (Å²) >= 11 is 13.3. The van der Waals surface area contributed by atoms with E-state index in [0.29, 0.717) is 34.3 Å². The molecule has 0 aromatic heterocycles. The maximum absolute atomic E-state index is 13.8. The highest BCUT2D eigenvalue weighted by Crippen LogP contribution is 2.50. The second kappa shape index (κ2) is 30.0. The normalized spacial score (nSPS) is 34.1. The van der Waals surface area contributed by atoms with Crippen molar-refractivity contribution in [3.63, 3.8) is 0 Å². The Morgan fingerprint density at radius 1 is 0.703 bits per heavy atom. The number of hydrogen-bond donors (Lipinski definition) is 6. The molecule has 6 N–H and O–H groups in total. The maximum Gasteiger partial charge on any atom is 0.409 e. The number of nitrogens with zero attached hydrogens (tertiary/aromatic N) is 8. The lowest BCUT2D eigenvalue weighted by Gasteiger charge is -2.42. The van der Waals surface area contributed by atoms with Crippen LogP contribution in [0.2, 0.25) is 10.0 Å². The first-order valence-electron chi connectivity index (χ1n) is 29.4. The lowest BCUT2D eigenvalue weighted by atomic mass is 9.83. The Balaban J connectivity index is 0.000000261. The highest BCUT2D eigenvalue weighted by atomic mass is 35.5. The van der Waals surface area contributed by atoms with Crippen LogP contribution in [0, 0.1) is 25.7 Å². The molecule has 27 nitrogen and oxygen atoms in total. The van der Waals surface area contributed by atoms with E-state index in [4.69, 9.17) is 72.5 Å². The van der Waals surface area contributed by atoms with E-state index in [0.717, 1.165) is 33.4 Å². The number of rotatable bonds is 7. The Bertz CT molecular complexity index is 3340. The molecule has 496 valence electrons. The van der Waals surface area contributed by atoms with Crippen LogP contribution in [-0.2, 0) is 65.2 Å². The van der Waals surface area contributed by atoms with Gasteiger partial charge in [0.1, 0.15) is 53.8 Å². The van der Waals surface area contributed by atoms with Crippen molar-refractivity contribution in [1.29, 1.82) is 0 Å². The SMILES string of the molecule is CO[C@@H]1/C=C/C=C(\C)Cc2cc(C)c(Cl)c(c2)N(C)C(=O)C[C@H](O)[C@]2(C)O[C@@H]2[C@@H](C)[C@@H]2C[C@@]1(O)NC(=O)O2.CO[C@@H]1/C=C/C=C(\C)Cc2cc(C)c(Cl)c(c2)N(C)C(=O)C[C@H](OC(=O)[C@H](C)N=[N+]=[N-])[C@]2(C)O[C@@H]2[C@@H](C)[C@@H]2C[C@@]1(O)NC(=O)O2.C[C@H](N=[N+]=[N-])C(=O)O. The number of amides is 4. The number of benzene rings is 2. The molecular formula is C62H82Cl2N10O17. The molecule has 0 saturated carbocycles. The van der Waals surface area contributed by atoms with Crippen molar-refractivity contribution in [3.05, 3.63) is 125 Å². The van der Waals surface area contributed by atoms with Gasteiger partial charge >= 0.3 is 24.1 Å². The van der Waals surface area contributed by atoms with Crippen molar-refractivity contribution in [1.82, 2.24) is 10.6 Å². The van der Waals surface area contributed by atoms with Crippen LogP contribution >= 0.6 is 23.2 Å². The van der Waals surface area contributed by atoms with Crippen LogP contribution in [0.3, 0.4) is 0 Å². The van der Waals surface area contributed by atoms with Gasteiger partial charge in [-0.1, -0.05) is 107 Å². The summed E-state index contributed by atoms with van der Waals surface area (Å²) in [5.74, 6) is -3.52. The van der Waals surface area contributed by atoms with Crippen molar-refractivity contribution in [2.24, 2.45) is 22.1 Å². The van der Waals surface area contributed by atoms with Crippen molar-refractivity contribution >= 4 is 70.5 Å². The van der Waals surface area contributed by atoms with Crippen molar-refractivity contribution < 1.29 is 82.4 Å². The zero-order chi connectivity index (χ0) is 67.8. The fraction of sp³-hybridized carbons (Fsp3) is 0.581. The standard InChI is InChI=1S/C31H40ClN5O8.C28H37ClN2O7.C3H5N3O2/c1-16-9-8-10-23(42-7)31(41)15-22(43-29(40)34-31)18(3)27-30(5,45-27)24(44-28(39)19(4)35-36-33)14-25(38)37(6)21-13-20(11-16)12-17(2)26(21)32;1-15-8-7-9-22(36-6)28(35)14-20(37-26(34)30-28)17(3)25-27(4,38-25)21(32)13-23(33)31(5)19-12-18(10-15)11-16(2)24(19)29;1-2(3(7)8)5-6-4/h8-10,12-13,18-19,22-24,27,41H,11,14-15H2,1-7H3,(H,34,40);7-9,11-12,17,20-22,25,32,35H,10,13-14H2,1-6H3,(H,30,34);2H,1H3,(H,7,8)/b10-8+,16-9+;9-7+,15-8+;/t18-,19-,22-,23+,24-,27+,30-,31-;17-,20-,21-,22+,25+,27-,28-;2-/m000/s1. The molecule has 0 aliphatic carbocycles. The van der Waals surface area contributed by atoms with Crippen molar-refractivity contribution in [2.45, 2.75) is 191 Å². The molecular weight excluding hydrogens is 1230 g/mol. The summed E-state index contributed by atoms with van der Waals surface area (Å²) in [7, 11) is 6.13. The number of nitrogens with one attached hydrogen (secondary N) is 2. The van der Waals surface area contributed by atoms with E-state index in [1.165, 1.54) is 37.9 Å². The molecule has 29 heteroatoms. The van der Waals surface area contributed by atoms with Gasteiger partial charge in [0.15, 0.2) is 11.4 Å². The Morgan fingerprint density at radius 2 is 1.11 bits per heavy atom. The minimum atomic E-state index is -1.80. The lowest BCUT2D eigenvalue weighted by Crippen LogP contribution is -2.63. The van der Waals surface area contributed by atoms with Gasteiger partial charge in [0.25, 0.3) is 0 Å². The minimum absolute atomic E-state index is 0.0367. The smallest absolute Gasteiger partial charge is 0.409 e. The molecule has 0 spiro atoms. The van der Waals surface area contributed by atoms with E-state index in [1.807, 2.05) is 71.0 Å². The third-order valence-corrected chi connectivity index (χ3v) is 18.3. The number of aryl methyl sites for hydroxylation is 2. The number of ether oxygens (including phenoxy) is 7. The van der Waals surface area contributed by atoms with Gasteiger partial charge in [-0.05, 0) is 114 Å². The molecule has 4 amide bonds. The van der Waals surface area contributed by atoms with E-state index in [1.54, 1.807) is 59.2 Å². The molecule has 16 atom stereocenters. The number of aliphatic hydroxyl groups excluding tert-OH is 1. The largest absolute Gasteiger partial charge is 0.481 e. The number of carbonyl (C=O) groups is 6. The van der Waals surface area contributed by atoms with Crippen LogP contribution in [0.4, 0.5) is 21.0 Å². The summed E-state index contributed by atoms with van der Waals surface area (Å²) in [6.07, 6.45) is 3.13. The number of methoxy groups -OCH3 is 2. The van der Waals surface area contributed by atoms with Gasteiger partial charge in [-0.3, -0.25) is 29.8 Å². The molecule has 6 aliphatic heterocycles. The van der Waals surface area contributed by atoms with Crippen LogP contribution in [0.5, 0.6) is 0 Å². The maximum atomic E-state index is 13.8. The Kier molecular flexibility index (Phi) is 24.0. The number of anilines is 2. The van der Waals surface area contributed by atoms with Crippen molar-refractivity contribution in [2.75, 3.05) is 38.1 Å². The number of aliphatic carboxylic acids is 1. The molecule has 8 rings (SSSR count). The Hall–Kier alpha value is -7.26. The summed E-state index contributed by atoms with van der Waals surface area (Å²) in [6.45, 7) is 17.4. The van der Waals surface area contributed by atoms with Gasteiger partial charge in [-0.15, -0.1) is 0 Å². The topological polar surface area (TPSA) is 383 Å². The van der Waals surface area contributed by atoms with E-state index in [-0.39, 0.29) is 37.5 Å². The summed E-state index contributed by atoms with van der Waals surface area (Å²) in [6, 6.07) is 5.53. The molecule has 6 heterocycles. The lowest BCUT2D eigenvalue weighted by molar-refractivity contribution is -0.155. The average Bonchev–Trinajstić information content (AvgIpc) is 1.59. The molecule has 2 aromatic carbocycles. The minimum Gasteiger partial charge on any atom is -0.481 e. The third-order valence-electron chi connectivity index (χ3n) is 17.3. The average molecular weight is 1310 g/mol. The van der Waals surface area contributed by atoms with Crippen LogP contribution in [-0.4, -0.2) is 168 Å². The number of azide groups is 2. The number of carbonyl (C=O) groups excluding carboxylic acids is 5. The molecule has 4 saturated heterocycles. The first-order valence-corrected chi connectivity index (χ1v) is 30.2. The van der Waals surface area contributed by atoms with Gasteiger partial charge in [-0.2, -0.15) is 0 Å². The first kappa shape index (κ1) is 72.8. The zero-order valence-electron chi connectivity index (χ0n) is 53.4. The second-order valence-corrected chi connectivity index (χ2v) is 25.1. The van der Waals surface area contributed by atoms with Gasteiger partial charge in [0.2, 0.25) is 11.8 Å². The number of hydrogen-bond acceptors (Lipinski definition) is 18. The quantitative estimate of drug-likeness (QED) is 0.0376. The first-order chi connectivity index (χ1) is 42.6. The second-order valence-electron chi connectivity index (χ2n) is 24.4. The molecule has 0 unspecified atom stereocenters. The zero-order valence-corrected chi connectivity index (χ0v) is 54.9. The number of aliphatic hydroxyl groups is 3. The van der Waals surface area contributed by atoms with E-state index in [2.05, 4.69) is 30.7 Å². The van der Waals surface area contributed by atoms with Gasteiger partial charge < -0.3 is 63.4 Å². The van der Waals surface area contributed by atoms with Crippen LogP contribution in [0.25, 0.3) is 20.9 Å². The number of alkyl carbamates (subject to hydrolysis) is 2. The molecule has 6 aliphatic rings. The Morgan fingerprint density at radius 3 is 1.52 bits per heavy atom. The number of epoxide rings is 2. The summed E-state index contributed by atoms with van der Waals surface area (Å²) in [4.78, 5) is 82.7. The molecule has 4 fully saturated rings. The molecule has 8 bridgehead atoms. The molecule has 0 radical (unpaired) electrons. The van der Waals surface area contributed by atoms with E-state index >= 15 is 0 Å². The fourth-order valence-electron chi connectivity index (χ4n) is 11.6. The number of carboxylic acid groups (broad SMARTS) is 1. The predicted molar refractivity (Wildman–Crippen MR) is 335 cm³/mol. The molecule has 91 heavy (non-hydrogen) atoms. The predicted octanol–water partition coefficient (Wildman–Crippen LogP) is 8.85. The van der Waals surface area contributed by atoms with Crippen LogP contribution < -0.4 is 20.4 Å². The van der Waals surface area contributed by atoms with Gasteiger partial charge in [0, 0.05) is 62.8 Å². The number of carboxylic acids is 1. The van der Waals surface area contributed by atoms with E-state index in [9.17, 15) is 44.1 Å². The van der Waals surface area contributed by atoms with Crippen LogP contribution in [0.15, 0.2) is 82.1 Å². The van der Waals surface area contributed by atoms with E-state index < -0.39 is 120 Å². The third kappa shape index (κ3) is 17.3. The van der Waals surface area contributed by atoms with Gasteiger partial charge in [-0.25, -0.2) is 9.59 Å². The number of esters is 1. The molecule has 2 aromatic rings. The number of allylic oxidation sites excluding steroid dienone is 6. The van der Waals surface area contributed by atoms with Crippen molar-refractivity contribution in [3.8, 4) is 0 Å². The highest BCUT2D eigenvalue weighted by Gasteiger charge is 2.65. The fourth-order valence-corrected chi connectivity index (χ4v) is 12.1. The highest BCUT2D eigenvalue weighted by molar-refractivity contribution is 6.35. The van der Waals surface area contributed by atoms with Gasteiger partial charge in [0.05, 0.1) is 52.6 Å². The Labute approximate surface area is 537 Å². The summed E-state index contributed by atoms with van der Waals surface area (Å²) in [5.41, 5.74) is 17.4. The number of halogens is 2. The number of fused-ring (bicyclic) bond motifs is 10.